The van der Waals surface area contributed by atoms with Crippen LogP contribution >= 0.6 is 0 Å². The molecule has 0 saturated heterocycles. The third kappa shape index (κ3) is 6.65. The quantitative estimate of drug-likeness (QED) is 0.154. The summed E-state index contributed by atoms with van der Waals surface area (Å²) >= 11 is 0. The fraction of sp³-hybridized carbons (Fsp3) is 0.135. The van der Waals surface area contributed by atoms with Crippen molar-refractivity contribution in [2.45, 2.75) is 32.7 Å². The number of esters is 2. The van der Waals surface area contributed by atoms with Gasteiger partial charge in [0.25, 0.3) is 11.8 Å². The van der Waals surface area contributed by atoms with Crippen molar-refractivity contribution in [3.63, 3.8) is 0 Å². The summed E-state index contributed by atoms with van der Waals surface area (Å²) in [6.45, 7) is 2.47. The predicted molar refractivity (Wildman–Crippen MR) is 181 cm³/mol. The summed E-state index contributed by atoms with van der Waals surface area (Å²) in [6.07, 6.45) is 2.41. The highest BCUT2D eigenvalue weighted by atomic mass is 16.6. The molecule has 1 N–H and O–H groups in total. The number of aromatic nitrogens is 8. The average Bonchev–Trinajstić information content (AvgIpc) is 3.82. The zero-order valence-corrected chi connectivity index (χ0v) is 26.5. The molecule has 0 fully saturated rings. The lowest BCUT2D eigenvalue weighted by Gasteiger charge is -2.13. The van der Waals surface area contributed by atoms with Crippen LogP contribution in [-0.2, 0) is 13.0 Å². The number of H-pyrrole nitrogens is 1. The monoisotopic (exact) mass is 650 g/mol. The molecule has 0 aliphatic rings. The Morgan fingerprint density at radius 2 is 1.33 bits per heavy atom. The average molecular weight is 651 g/mol. The number of aromatic amines is 1. The second-order valence-electron chi connectivity index (χ2n) is 11.2. The van der Waals surface area contributed by atoms with Gasteiger partial charge < -0.3 is 14.0 Å². The molecule has 0 saturated carbocycles. The van der Waals surface area contributed by atoms with Crippen molar-refractivity contribution in [3.05, 3.63) is 132 Å². The topological polar surface area (TPSA) is 151 Å². The van der Waals surface area contributed by atoms with Crippen molar-refractivity contribution in [1.29, 1.82) is 0 Å². The van der Waals surface area contributed by atoms with Crippen LogP contribution in [0.25, 0.3) is 33.5 Å². The van der Waals surface area contributed by atoms with E-state index in [2.05, 4.69) is 37.7 Å². The minimum absolute atomic E-state index is 0.0377. The third-order valence-corrected chi connectivity index (χ3v) is 7.95. The van der Waals surface area contributed by atoms with Crippen LogP contribution in [0.5, 0.6) is 11.8 Å². The molecule has 0 aliphatic heterocycles. The smallest absolute Gasteiger partial charge is 0.344 e. The van der Waals surface area contributed by atoms with E-state index < -0.39 is 11.9 Å². The molecule has 3 aromatic heterocycles. The summed E-state index contributed by atoms with van der Waals surface area (Å²) in [5, 5.41) is 23.0. The van der Waals surface area contributed by atoms with E-state index in [1.807, 2.05) is 65.2 Å². The zero-order valence-electron chi connectivity index (χ0n) is 26.5. The van der Waals surface area contributed by atoms with Gasteiger partial charge in [0.05, 0.1) is 11.1 Å². The number of ether oxygens (including phenoxy) is 2. The molecule has 3 heterocycles. The van der Waals surface area contributed by atoms with Gasteiger partial charge in [-0.3, -0.25) is 0 Å². The Morgan fingerprint density at radius 3 is 1.96 bits per heavy atom. The van der Waals surface area contributed by atoms with E-state index in [0.29, 0.717) is 41.3 Å². The Morgan fingerprint density at radius 1 is 0.714 bits per heavy atom. The van der Waals surface area contributed by atoms with Crippen LogP contribution in [-0.4, -0.2) is 52.3 Å². The number of fused-ring (bicyclic) bond motifs is 1. The number of benzene rings is 4. The molecule has 7 rings (SSSR count). The summed E-state index contributed by atoms with van der Waals surface area (Å²) in [5.74, 6) is -0.0957. The summed E-state index contributed by atoms with van der Waals surface area (Å²) in [4.78, 5) is 31.2. The molecule has 12 heteroatoms. The maximum Gasteiger partial charge on any atom is 0.344 e. The van der Waals surface area contributed by atoms with Crippen molar-refractivity contribution < 1.29 is 19.1 Å². The van der Waals surface area contributed by atoms with E-state index in [1.54, 1.807) is 48.5 Å². The lowest BCUT2D eigenvalue weighted by Crippen LogP contribution is -2.14. The first-order valence-corrected chi connectivity index (χ1v) is 15.8. The molecule has 0 amide bonds. The summed E-state index contributed by atoms with van der Waals surface area (Å²) < 4.78 is 13.5. The van der Waals surface area contributed by atoms with Gasteiger partial charge in [-0.1, -0.05) is 98.3 Å². The molecule has 4 aromatic carbocycles. The van der Waals surface area contributed by atoms with Gasteiger partial charge in [0.15, 0.2) is 5.52 Å². The molecule has 0 radical (unpaired) electrons. The molecule has 49 heavy (non-hydrogen) atoms. The number of tetrazole rings is 1. The maximum atomic E-state index is 13.2. The van der Waals surface area contributed by atoms with Crippen LogP contribution in [0.4, 0.5) is 0 Å². The second kappa shape index (κ2) is 14.1. The van der Waals surface area contributed by atoms with Crippen molar-refractivity contribution >= 4 is 23.0 Å². The molecule has 242 valence electrons. The zero-order chi connectivity index (χ0) is 33.6. The van der Waals surface area contributed by atoms with E-state index in [4.69, 9.17) is 14.5 Å². The summed E-state index contributed by atoms with van der Waals surface area (Å²) in [6, 6.07) is 33.2. The number of nitrogens with one attached hydrogen (secondary N) is 1. The van der Waals surface area contributed by atoms with Crippen LogP contribution in [0.2, 0.25) is 0 Å². The molecular formula is C37H30N8O4. The standard InChI is InChI=1S/C37H30N8O4/c1-2-3-18-30-38-31-32(45(30)23-24-19-21-25(22-20-24)28-16-10-11-17-29(28)33-39-43-44-40-33)35(49-37(47)27-14-8-5-9-15-27)42-41-34(31)48-36(46)26-12-6-4-7-13-26/h4-17,19-22H,2-3,18,23H2,1H3,(H,39,40,43,44). The van der Waals surface area contributed by atoms with E-state index in [9.17, 15) is 9.59 Å². The van der Waals surface area contributed by atoms with Gasteiger partial charge in [-0.2, -0.15) is 5.21 Å². The molecule has 0 spiro atoms. The largest absolute Gasteiger partial charge is 0.400 e. The van der Waals surface area contributed by atoms with Crippen molar-refractivity contribution in [2.75, 3.05) is 0 Å². The number of unbranched alkanes of at least 4 members (excludes halogenated alkanes) is 1. The molecule has 7 aromatic rings. The SMILES string of the molecule is CCCCc1nc2c(OC(=O)c3ccccc3)nnc(OC(=O)c3ccccc3)c2n1Cc1ccc(-c2ccccc2-c2nn[nH]n2)cc1. The van der Waals surface area contributed by atoms with Crippen molar-refractivity contribution in [1.82, 2.24) is 40.4 Å². The molecular weight excluding hydrogens is 620 g/mol. The third-order valence-electron chi connectivity index (χ3n) is 7.95. The first kappa shape index (κ1) is 31.1. The first-order chi connectivity index (χ1) is 24.1. The fourth-order valence-electron chi connectivity index (χ4n) is 5.50. The van der Waals surface area contributed by atoms with Gasteiger partial charge in [-0.15, -0.1) is 20.4 Å². The molecule has 0 aliphatic carbocycles. The Labute approximate surface area is 280 Å². The number of rotatable bonds is 11. The van der Waals surface area contributed by atoms with Crippen molar-refractivity contribution in [2.24, 2.45) is 0 Å². The molecule has 0 atom stereocenters. The number of imidazole rings is 1. The first-order valence-electron chi connectivity index (χ1n) is 15.8. The Bertz CT molecular complexity index is 2220. The van der Waals surface area contributed by atoms with E-state index in [-0.39, 0.29) is 17.3 Å². The number of carbonyl (C=O) groups excluding carboxylic acids is 2. The minimum atomic E-state index is -0.605. The highest BCUT2D eigenvalue weighted by Gasteiger charge is 2.25. The molecule has 0 bridgehead atoms. The van der Waals surface area contributed by atoms with Crippen molar-refractivity contribution in [3.8, 4) is 34.3 Å². The van der Waals surface area contributed by atoms with Gasteiger partial charge in [0.2, 0.25) is 5.82 Å². The number of nitrogens with zero attached hydrogens (tertiary/aromatic N) is 7. The number of hydrogen-bond acceptors (Lipinski definition) is 10. The predicted octanol–water partition coefficient (Wildman–Crippen LogP) is 6.50. The normalized spacial score (nSPS) is 11.0. The Hall–Kier alpha value is -6.56. The number of aryl methyl sites for hydroxylation is 1. The molecule has 0 unspecified atom stereocenters. The summed E-state index contributed by atoms with van der Waals surface area (Å²) in [7, 11) is 0. The van der Waals surface area contributed by atoms with Crippen LogP contribution in [0.3, 0.4) is 0 Å². The van der Waals surface area contributed by atoms with Gasteiger partial charge in [0, 0.05) is 18.5 Å². The summed E-state index contributed by atoms with van der Waals surface area (Å²) in [5.41, 5.74) is 5.12. The fourth-order valence-corrected chi connectivity index (χ4v) is 5.50. The number of hydrogen-bond donors (Lipinski definition) is 1. The lowest BCUT2D eigenvalue weighted by molar-refractivity contribution is 0.0708. The molecule has 12 nitrogen and oxygen atoms in total. The number of carbonyl (C=O) groups is 2. The van der Waals surface area contributed by atoms with Gasteiger partial charge in [-0.05, 0) is 52.6 Å². The Balaban J connectivity index is 1.29. The Kier molecular flexibility index (Phi) is 8.91. The highest BCUT2D eigenvalue weighted by Crippen LogP contribution is 2.34. The van der Waals surface area contributed by atoms with Gasteiger partial charge >= 0.3 is 11.9 Å². The minimum Gasteiger partial charge on any atom is -0.400 e. The van der Waals surface area contributed by atoms with Crippen LogP contribution in [0.1, 0.15) is 51.9 Å². The highest BCUT2D eigenvalue weighted by molar-refractivity contribution is 5.96. The van der Waals surface area contributed by atoms with Crippen LogP contribution in [0.15, 0.2) is 109 Å². The van der Waals surface area contributed by atoms with E-state index in [0.717, 1.165) is 35.1 Å². The van der Waals surface area contributed by atoms with E-state index >= 15 is 0 Å². The second-order valence-corrected chi connectivity index (χ2v) is 11.2. The van der Waals surface area contributed by atoms with E-state index in [1.165, 1.54) is 0 Å². The van der Waals surface area contributed by atoms with Crippen LogP contribution in [0, 0.1) is 0 Å². The lowest BCUT2D eigenvalue weighted by atomic mass is 9.98. The maximum absolute atomic E-state index is 13.2. The van der Waals surface area contributed by atoms with Crippen LogP contribution < -0.4 is 9.47 Å². The van der Waals surface area contributed by atoms with Gasteiger partial charge in [0.1, 0.15) is 11.3 Å². The van der Waals surface area contributed by atoms with Gasteiger partial charge in [-0.25, -0.2) is 14.6 Å².